The third-order valence-electron chi connectivity index (χ3n) is 3.60. The van der Waals surface area contributed by atoms with E-state index in [1.54, 1.807) is 24.3 Å². The fraction of sp³-hybridized carbons (Fsp3) is 0.0526. The van der Waals surface area contributed by atoms with Gasteiger partial charge in [-0.3, -0.25) is 4.79 Å². The van der Waals surface area contributed by atoms with Gasteiger partial charge >= 0.3 is 0 Å². The SMILES string of the molecule is N#Cc1ccccc1NC(=O)c1cnc(NCc2ccccc2Cl)cn1. The molecule has 2 aromatic carbocycles. The van der Waals surface area contributed by atoms with E-state index in [9.17, 15) is 4.79 Å². The minimum Gasteiger partial charge on any atom is -0.365 e. The molecule has 26 heavy (non-hydrogen) atoms. The maximum Gasteiger partial charge on any atom is 0.275 e. The van der Waals surface area contributed by atoms with Crippen molar-refractivity contribution in [1.82, 2.24) is 9.97 Å². The first-order valence-corrected chi connectivity index (χ1v) is 8.15. The van der Waals surface area contributed by atoms with Gasteiger partial charge < -0.3 is 10.6 Å². The molecule has 7 heteroatoms. The lowest BCUT2D eigenvalue weighted by Crippen LogP contribution is -2.15. The second-order valence-electron chi connectivity index (χ2n) is 5.34. The molecule has 3 aromatic rings. The Morgan fingerprint density at radius 3 is 2.58 bits per heavy atom. The number of para-hydroxylation sites is 1. The molecule has 0 aliphatic rings. The van der Waals surface area contributed by atoms with Crippen LogP contribution in [0.2, 0.25) is 5.02 Å². The van der Waals surface area contributed by atoms with Gasteiger partial charge in [-0.15, -0.1) is 0 Å². The van der Waals surface area contributed by atoms with Crippen molar-refractivity contribution in [3.05, 3.63) is 82.8 Å². The van der Waals surface area contributed by atoms with Gasteiger partial charge in [0.1, 0.15) is 17.6 Å². The normalized spacial score (nSPS) is 10.0. The van der Waals surface area contributed by atoms with Gasteiger partial charge in [0.2, 0.25) is 0 Å². The summed E-state index contributed by atoms with van der Waals surface area (Å²) in [6.07, 6.45) is 2.85. The third kappa shape index (κ3) is 4.15. The largest absolute Gasteiger partial charge is 0.365 e. The number of benzene rings is 2. The molecule has 0 aliphatic carbocycles. The van der Waals surface area contributed by atoms with Gasteiger partial charge in [-0.1, -0.05) is 41.9 Å². The number of anilines is 2. The molecule has 0 radical (unpaired) electrons. The highest BCUT2D eigenvalue weighted by Crippen LogP contribution is 2.17. The van der Waals surface area contributed by atoms with Crippen LogP contribution in [0.5, 0.6) is 0 Å². The lowest BCUT2D eigenvalue weighted by atomic mass is 10.2. The molecule has 0 spiro atoms. The predicted octanol–water partition coefficient (Wildman–Crippen LogP) is 3.87. The average molecular weight is 364 g/mol. The average Bonchev–Trinajstić information content (AvgIpc) is 2.68. The number of nitrogens with one attached hydrogen (secondary N) is 2. The molecule has 3 rings (SSSR count). The van der Waals surface area contributed by atoms with E-state index in [4.69, 9.17) is 16.9 Å². The number of carbonyl (C=O) groups excluding carboxylic acids is 1. The lowest BCUT2D eigenvalue weighted by Gasteiger charge is -2.08. The summed E-state index contributed by atoms with van der Waals surface area (Å²) in [5, 5.41) is 15.5. The molecule has 2 N–H and O–H groups in total. The van der Waals surface area contributed by atoms with Crippen LogP contribution in [-0.4, -0.2) is 15.9 Å². The first-order valence-electron chi connectivity index (χ1n) is 7.77. The number of carbonyl (C=O) groups is 1. The molecule has 1 amide bonds. The van der Waals surface area contributed by atoms with Crippen molar-refractivity contribution in [2.75, 3.05) is 10.6 Å². The number of amides is 1. The molecule has 128 valence electrons. The van der Waals surface area contributed by atoms with Crippen LogP contribution in [-0.2, 0) is 6.54 Å². The molecule has 1 heterocycles. The minimum atomic E-state index is -0.433. The van der Waals surface area contributed by atoms with Crippen LogP contribution in [0.3, 0.4) is 0 Å². The van der Waals surface area contributed by atoms with Crippen molar-refractivity contribution in [2.45, 2.75) is 6.54 Å². The van der Waals surface area contributed by atoms with Crippen molar-refractivity contribution >= 4 is 29.0 Å². The summed E-state index contributed by atoms with van der Waals surface area (Å²) < 4.78 is 0. The molecular formula is C19H14ClN5O. The zero-order chi connectivity index (χ0) is 18.4. The van der Waals surface area contributed by atoms with Gasteiger partial charge in [0.15, 0.2) is 0 Å². The van der Waals surface area contributed by atoms with Crippen molar-refractivity contribution in [3.8, 4) is 6.07 Å². The fourth-order valence-electron chi connectivity index (χ4n) is 2.24. The van der Waals surface area contributed by atoms with Crippen LogP contribution in [0.25, 0.3) is 0 Å². The topological polar surface area (TPSA) is 90.7 Å². The maximum atomic E-state index is 12.3. The Hall–Kier alpha value is -3.43. The number of hydrogen-bond acceptors (Lipinski definition) is 5. The molecule has 0 unspecified atom stereocenters. The van der Waals surface area contributed by atoms with Crippen molar-refractivity contribution < 1.29 is 4.79 Å². The predicted molar refractivity (Wildman–Crippen MR) is 99.9 cm³/mol. The Bertz CT molecular complexity index is 966. The van der Waals surface area contributed by atoms with E-state index < -0.39 is 5.91 Å². The fourth-order valence-corrected chi connectivity index (χ4v) is 2.44. The van der Waals surface area contributed by atoms with E-state index in [-0.39, 0.29) is 5.69 Å². The van der Waals surface area contributed by atoms with Crippen LogP contribution >= 0.6 is 11.6 Å². The summed E-state index contributed by atoms with van der Waals surface area (Å²) >= 11 is 6.11. The summed E-state index contributed by atoms with van der Waals surface area (Å²) in [6.45, 7) is 0.495. The monoisotopic (exact) mass is 363 g/mol. The number of rotatable bonds is 5. The molecule has 0 saturated carbocycles. The highest BCUT2D eigenvalue weighted by atomic mass is 35.5. The van der Waals surface area contributed by atoms with Crippen molar-refractivity contribution in [2.24, 2.45) is 0 Å². The lowest BCUT2D eigenvalue weighted by molar-refractivity contribution is 0.102. The summed E-state index contributed by atoms with van der Waals surface area (Å²) in [5.41, 5.74) is 1.90. The first kappa shape index (κ1) is 17.4. The minimum absolute atomic E-state index is 0.154. The van der Waals surface area contributed by atoms with E-state index in [0.717, 1.165) is 5.56 Å². The third-order valence-corrected chi connectivity index (χ3v) is 3.97. The van der Waals surface area contributed by atoms with Gasteiger partial charge in [0.05, 0.1) is 23.6 Å². The smallest absolute Gasteiger partial charge is 0.275 e. The highest BCUT2D eigenvalue weighted by molar-refractivity contribution is 6.31. The Morgan fingerprint density at radius 2 is 1.85 bits per heavy atom. The first-order chi connectivity index (χ1) is 12.7. The van der Waals surface area contributed by atoms with E-state index >= 15 is 0 Å². The standard InChI is InChI=1S/C19H14ClN5O/c20-15-7-3-1-6-14(15)10-23-18-12-22-17(11-24-18)19(26)25-16-8-4-2-5-13(16)9-21/h1-8,11-12H,10H2,(H,23,24)(H,25,26). The number of hydrogen-bond donors (Lipinski definition) is 2. The van der Waals surface area contributed by atoms with E-state index in [1.807, 2.05) is 30.3 Å². The molecular weight excluding hydrogens is 350 g/mol. The Balaban J connectivity index is 1.65. The van der Waals surface area contributed by atoms with Gasteiger partial charge in [0, 0.05) is 11.6 Å². The molecule has 6 nitrogen and oxygen atoms in total. The van der Waals surface area contributed by atoms with Gasteiger partial charge in [-0.05, 0) is 23.8 Å². The number of nitrogens with zero attached hydrogens (tertiary/aromatic N) is 3. The summed E-state index contributed by atoms with van der Waals surface area (Å²) in [6, 6.07) is 16.3. The van der Waals surface area contributed by atoms with Crippen LogP contribution < -0.4 is 10.6 Å². The molecule has 0 saturated heterocycles. The Labute approximate surface area is 155 Å². The second-order valence-corrected chi connectivity index (χ2v) is 5.75. The van der Waals surface area contributed by atoms with Crippen LogP contribution in [0.4, 0.5) is 11.5 Å². The molecule has 0 fully saturated rings. The van der Waals surface area contributed by atoms with Crippen LogP contribution in [0.15, 0.2) is 60.9 Å². The highest BCUT2D eigenvalue weighted by Gasteiger charge is 2.11. The summed E-state index contributed by atoms with van der Waals surface area (Å²) in [5.74, 6) is 0.0942. The second kappa shape index (κ2) is 8.10. The Kier molecular flexibility index (Phi) is 5.42. The quantitative estimate of drug-likeness (QED) is 0.718. The molecule has 0 bridgehead atoms. The van der Waals surface area contributed by atoms with Crippen molar-refractivity contribution in [3.63, 3.8) is 0 Å². The van der Waals surface area contributed by atoms with Gasteiger partial charge in [-0.2, -0.15) is 5.26 Å². The summed E-state index contributed by atoms with van der Waals surface area (Å²) in [7, 11) is 0. The maximum absolute atomic E-state index is 12.3. The zero-order valence-electron chi connectivity index (χ0n) is 13.6. The van der Waals surface area contributed by atoms with Gasteiger partial charge in [-0.25, -0.2) is 9.97 Å². The van der Waals surface area contributed by atoms with E-state index in [0.29, 0.717) is 28.6 Å². The van der Waals surface area contributed by atoms with Gasteiger partial charge in [0.25, 0.3) is 5.91 Å². The summed E-state index contributed by atoms with van der Waals surface area (Å²) in [4.78, 5) is 20.6. The van der Waals surface area contributed by atoms with Crippen LogP contribution in [0.1, 0.15) is 21.6 Å². The van der Waals surface area contributed by atoms with E-state index in [2.05, 4.69) is 20.6 Å². The van der Waals surface area contributed by atoms with Crippen molar-refractivity contribution in [1.29, 1.82) is 5.26 Å². The number of nitriles is 1. The molecule has 1 aromatic heterocycles. The van der Waals surface area contributed by atoms with E-state index in [1.165, 1.54) is 12.4 Å². The molecule has 0 aliphatic heterocycles. The number of aromatic nitrogens is 2. The number of halogens is 1. The van der Waals surface area contributed by atoms with Crippen LogP contribution in [0, 0.1) is 11.3 Å². The molecule has 0 atom stereocenters. The Morgan fingerprint density at radius 1 is 1.08 bits per heavy atom. The zero-order valence-corrected chi connectivity index (χ0v) is 14.4.